The number of carbonyl (C=O) groups excluding carboxylic acids is 2. The molecule has 6 nitrogen and oxygen atoms in total. The molecule has 0 unspecified atom stereocenters. The van der Waals surface area contributed by atoms with Crippen molar-refractivity contribution in [3.8, 4) is 0 Å². The van der Waals surface area contributed by atoms with Crippen molar-refractivity contribution in [3.05, 3.63) is 28.4 Å². The molecule has 0 fully saturated rings. The minimum absolute atomic E-state index is 0.171. The molecular formula is C17H24N4O2S2. The Morgan fingerprint density at radius 1 is 1.44 bits per heavy atom. The number of amides is 2. The van der Waals surface area contributed by atoms with Gasteiger partial charge in [0.15, 0.2) is 5.16 Å². The summed E-state index contributed by atoms with van der Waals surface area (Å²) in [4.78, 5) is 28.5. The van der Waals surface area contributed by atoms with E-state index in [1.165, 1.54) is 23.1 Å². The summed E-state index contributed by atoms with van der Waals surface area (Å²) in [7, 11) is 0. The molecule has 2 aromatic rings. The summed E-state index contributed by atoms with van der Waals surface area (Å²) < 4.78 is 2.17. The molecular weight excluding hydrogens is 356 g/mol. The molecule has 0 aliphatic rings. The summed E-state index contributed by atoms with van der Waals surface area (Å²) in [5.74, 6) is -0.714. The second-order valence-corrected chi connectivity index (χ2v) is 8.07. The number of anilines is 1. The number of primary amides is 1. The lowest BCUT2D eigenvalue weighted by Gasteiger charge is -2.13. The summed E-state index contributed by atoms with van der Waals surface area (Å²) in [6.07, 6.45) is 2.17. The Bertz CT molecular complexity index is 767. The molecule has 0 aromatic carbocycles. The van der Waals surface area contributed by atoms with E-state index in [9.17, 15) is 9.59 Å². The van der Waals surface area contributed by atoms with Gasteiger partial charge in [0.2, 0.25) is 5.91 Å². The number of nitrogens with one attached hydrogen (secondary N) is 1. The van der Waals surface area contributed by atoms with Gasteiger partial charge in [0.1, 0.15) is 5.00 Å². The maximum atomic E-state index is 12.5. The summed E-state index contributed by atoms with van der Waals surface area (Å²) in [5, 5.41) is 5.53. The lowest BCUT2D eigenvalue weighted by Crippen LogP contribution is -2.24. The first-order chi connectivity index (χ1) is 11.8. The lowest BCUT2D eigenvalue weighted by atomic mass is 10.3. The van der Waals surface area contributed by atoms with Gasteiger partial charge in [-0.2, -0.15) is 0 Å². The van der Waals surface area contributed by atoms with E-state index in [2.05, 4.69) is 28.7 Å². The number of imidazole rings is 1. The molecule has 0 bridgehead atoms. The van der Waals surface area contributed by atoms with Crippen LogP contribution in [0.4, 0.5) is 5.00 Å². The van der Waals surface area contributed by atoms with E-state index in [0.29, 0.717) is 10.6 Å². The maximum absolute atomic E-state index is 12.5. The number of unbranched alkanes of at least 4 members (excludes halogenated alkanes) is 1. The van der Waals surface area contributed by atoms with Gasteiger partial charge in [0, 0.05) is 12.2 Å². The third-order valence-corrected chi connectivity index (χ3v) is 5.90. The topological polar surface area (TPSA) is 90.0 Å². The first-order valence-corrected chi connectivity index (χ1v) is 9.99. The molecule has 0 aliphatic carbocycles. The molecule has 2 aromatic heterocycles. The number of thioether (sulfide) groups is 1. The van der Waals surface area contributed by atoms with Crippen molar-refractivity contribution >= 4 is 39.9 Å². The minimum Gasteiger partial charge on any atom is -0.366 e. The fourth-order valence-electron chi connectivity index (χ4n) is 2.32. The predicted molar refractivity (Wildman–Crippen MR) is 103 cm³/mol. The number of rotatable bonds is 8. The minimum atomic E-state index is -0.543. The van der Waals surface area contributed by atoms with Crippen LogP contribution in [0.2, 0.25) is 0 Å². The van der Waals surface area contributed by atoms with Gasteiger partial charge >= 0.3 is 0 Å². The van der Waals surface area contributed by atoms with Crippen LogP contribution in [0.3, 0.4) is 0 Å². The van der Waals surface area contributed by atoms with E-state index < -0.39 is 5.91 Å². The molecule has 2 rings (SSSR count). The molecule has 0 aliphatic heterocycles. The van der Waals surface area contributed by atoms with Crippen molar-refractivity contribution in [2.24, 2.45) is 5.73 Å². The third-order valence-electron chi connectivity index (χ3n) is 3.98. The van der Waals surface area contributed by atoms with Crippen LogP contribution in [-0.2, 0) is 11.3 Å². The highest BCUT2D eigenvalue weighted by atomic mass is 32.2. The molecule has 0 saturated carbocycles. The molecule has 0 spiro atoms. The van der Waals surface area contributed by atoms with Gasteiger partial charge in [-0.05, 0) is 38.6 Å². The smallest absolute Gasteiger partial charge is 0.251 e. The first kappa shape index (κ1) is 19.5. The molecule has 2 heterocycles. The zero-order valence-corrected chi connectivity index (χ0v) is 16.6. The Hall–Kier alpha value is -1.80. The lowest BCUT2D eigenvalue weighted by molar-refractivity contribution is -0.115. The van der Waals surface area contributed by atoms with Gasteiger partial charge in [-0.1, -0.05) is 25.1 Å². The van der Waals surface area contributed by atoms with Crippen LogP contribution in [0.1, 0.15) is 48.4 Å². The van der Waals surface area contributed by atoms with Gasteiger partial charge in [0.25, 0.3) is 5.91 Å². The molecule has 0 radical (unpaired) electrons. The van der Waals surface area contributed by atoms with E-state index in [0.717, 1.165) is 35.9 Å². The van der Waals surface area contributed by atoms with Crippen molar-refractivity contribution in [1.82, 2.24) is 9.55 Å². The fourth-order valence-corrected chi connectivity index (χ4v) is 4.14. The number of nitrogens with two attached hydrogens (primary N) is 1. The van der Waals surface area contributed by atoms with Gasteiger partial charge in [-0.15, -0.1) is 11.3 Å². The fraction of sp³-hybridized carbons (Fsp3) is 0.471. The van der Waals surface area contributed by atoms with Crippen molar-refractivity contribution in [2.75, 3.05) is 5.32 Å². The van der Waals surface area contributed by atoms with Crippen molar-refractivity contribution in [1.29, 1.82) is 0 Å². The highest BCUT2D eigenvalue weighted by Crippen LogP contribution is 2.28. The van der Waals surface area contributed by atoms with Gasteiger partial charge < -0.3 is 15.6 Å². The molecule has 0 saturated heterocycles. The largest absolute Gasteiger partial charge is 0.366 e. The van der Waals surface area contributed by atoms with Crippen LogP contribution in [-0.4, -0.2) is 26.6 Å². The van der Waals surface area contributed by atoms with E-state index >= 15 is 0 Å². The molecule has 8 heteroatoms. The predicted octanol–water partition coefficient (Wildman–Crippen LogP) is 3.58. The van der Waals surface area contributed by atoms with Gasteiger partial charge in [-0.3, -0.25) is 9.59 Å². The molecule has 3 N–H and O–H groups in total. The Labute approximate surface area is 156 Å². The highest BCUT2D eigenvalue weighted by Gasteiger charge is 2.21. The number of hydrogen-bond donors (Lipinski definition) is 2. The summed E-state index contributed by atoms with van der Waals surface area (Å²) in [5.41, 5.74) is 7.78. The van der Waals surface area contributed by atoms with E-state index in [1.54, 1.807) is 11.4 Å². The first-order valence-electron chi connectivity index (χ1n) is 8.23. The number of aryl methyl sites for hydroxylation is 1. The van der Waals surface area contributed by atoms with Crippen molar-refractivity contribution in [2.45, 2.75) is 57.5 Å². The second kappa shape index (κ2) is 8.53. The van der Waals surface area contributed by atoms with Crippen molar-refractivity contribution < 1.29 is 9.59 Å². The van der Waals surface area contributed by atoms with Crippen LogP contribution >= 0.6 is 23.1 Å². The molecule has 1 atom stereocenters. The summed E-state index contributed by atoms with van der Waals surface area (Å²) in [6.45, 7) is 8.92. The van der Waals surface area contributed by atoms with Crippen LogP contribution in [0.25, 0.3) is 0 Å². The SMILES string of the molecule is CCCCn1c(S[C@@H](C)C(=O)Nc2sccc2C(N)=O)nc(C)c1C. The number of carbonyl (C=O) groups is 2. The molecule has 25 heavy (non-hydrogen) atoms. The average Bonchev–Trinajstić information content (AvgIpc) is 3.11. The van der Waals surface area contributed by atoms with Crippen LogP contribution < -0.4 is 11.1 Å². The summed E-state index contributed by atoms with van der Waals surface area (Å²) in [6, 6.07) is 1.62. The Balaban J connectivity index is 2.10. The quantitative estimate of drug-likeness (QED) is 0.685. The third kappa shape index (κ3) is 4.64. The second-order valence-electron chi connectivity index (χ2n) is 5.85. The Morgan fingerprint density at radius 2 is 2.16 bits per heavy atom. The highest BCUT2D eigenvalue weighted by molar-refractivity contribution is 8.00. The molecule has 136 valence electrons. The zero-order chi connectivity index (χ0) is 18.6. The van der Waals surface area contributed by atoms with Crippen LogP contribution in [0, 0.1) is 13.8 Å². The number of aromatic nitrogens is 2. The number of thiophene rings is 1. The average molecular weight is 381 g/mol. The maximum Gasteiger partial charge on any atom is 0.251 e. The van der Waals surface area contributed by atoms with E-state index in [4.69, 9.17) is 5.73 Å². The van der Waals surface area contributed by atoms with E-state index in [1.807, 2.05) is 13.8 Å². The molecule has 2 amide bonds. The van der Waals surface area contributed by atoms with E-state index in [-0.39, 0.29) is 11.2 Å². The zero-order valence-electron chi connectivity index (χ0n) is 15.0. The monoisotopic (exact) mass is 380 g/mol. The normalized spacial score (nSPS) is 12.2. The van der Waals surface area contributed by atoms with Crippen LogP contribution in [0.5, 0.6) is 0 Å². The van der Waals surface area contributed by atoms with Crippen molar-refractivity contribution in [3.63, 3.8) is 0 Å². The summed E-state index contributed by atoms with van der Waals surface area (Å²) >= 11 is 2.72. The van der Waals surface area contributed by atoms with Gasteiger partial charge in [-0.25, -0.2) is 4.98 Å². The number of hydrogen-bond acceptors (Lipinski definition) is 5. The Morgan fingerprint density at radius 3 is 2.80 bits per heavy atom. The number of nitrogens with zero attached hydrogens (tertiary/aromatic N) is 2. The Kier molecular flexibility index (Phi) is 6.66. The van der Waals surface area contributed by atoms with Gasteiger partial charge in [0.05, 0.1) is 16.5 Å². The standard InChI is InChI=1S/C17H24N4O2S2/c1-5-6-8-21-11(3)10(2)19-17(21)25-12(4)15(23)20-16-13(14(18)22)7-9-24-16/h7,9,12H,5-6,8H2,1-4H3,(H2,18,22)(H,20,23)/t12-/m0/s1. The van der Waals surface area contributed by atoms with Crippen LogP contribution in [0.15, 0.2) is 16.6 Å².